The van der Waals surface area contributed by atoms with Crippen molar-refractivity contribution in [2.45, 2.75) is 63.0 Å². The summed E-state index contributed by atoms with van der Waals surface area (Å²) in [6.07, 6.45) is -5.90. The highest BCUT2D eigenvalue weighted by Crippen LogP contribution is 2.39. The zero-order valence-corrected chi connectivity index (χ0v) is 15.1. The molecule has 1 aromatic carbocycles. The van der Waals surface area contributed by atoms with E-state index < -0.39 is 55.2 Å². The summed E-state index contributed by atoms with van der Waals surface area (Å²) < 4.78 is 21.7. The summed E-state index contributed by atoms with van der Waals surface area (Å²) in [6.45, 7) is 2.86. The monoisotopic (exact) mass is 383 g/mol. The van der Waals surface area contributed by atoms with Gasteiger partial charge in [0.25, 0.3) is 0 Å². The lowest BCUT2D eigenvalue weighted by atomic mass is 10.0. The fraction of sp³-hybridized carbons (Fsp3) is 0.611. The molecule has 1 aromatic rings. The van der Waals surface area contributed by atoms with E-state index in [2.05, 4.69) is 5.32 Å². The molecule has 2 aliphatic heterocycles. The lowest BCUT2D eigenvalue weighted by Gasteiger charge is -2.29. The molecular formula is C18H25NO8. The summed E-state index contributed by atoms with van der Waals surface area (Å²) in [4.78, 5) is 12.0. The summed E-state index contributed by atoms with van der Waals surface area (Å²) in [5, 5.41) is 32.6. The smallest absolute Gasteiger partial charge is 0.407 e. The zero-order chi connectivity index (χ0) is 19.6. The molecule has 2 fully saturated rings. The topological polar surface area (TPSA) is 127 Å². The van der Waals surface area contributed by atoms with Crippen LogP contribution in [0, 0.1) is 0 Å². The van der Waals surface area contributed by atoms with Crippen molar-refractivity contribution in [3.63, 3.8) is 0 Å². The van der Waals surface area contributed by atoms with Crippen molar-refractivity contribution in [3.8, 4) is 0 Å². The minimum Gasteiger partial charge on any atom is -0.445 e. The van der Waals surface area contributed by atoms with Gasteiger partial charge in [0.1, 0.15) is 31.0 Å². The molecule has 1 amide bonds. The van der Waals surface area contributed by atoms with Gasteiger partial charge >= 0.3 is 6.09 Å². The van der Waals surface area contributed by atoms with Gasteiger partial charge in [0.15, 0.2) is 12.1 Å². The van der Waals surface area contributed by atoms with Crippen molar-refractivity contribution in [1.29, 1.82) is 0 Å². The highest BCUT2D eigenvalue weighted by atomic mass is 16.8. The summed E-state index contributed by atoms with van der Waals surface area (Å²) in [5.41, 5.74) is 0.803. The number of aliphatic hydroxyl groups is 3. The summed E-state index contributed by atoms with van der Waals surface area (Å²) in [7, 11) is 0. The highest BCUT2D eigenvalue weighted by Gasteiger charge is 2.57. The predicted molar refractivity (Wildman–Crippen MR) is 91.3 cm³/mol. The molecule has 0 aromatic heterocycles. The Balaban J connectivity index is 1.57. The first kappa shape index (κ1) is 20.0. The molecular weight excluding hydrogens is 358 g/mol. The van der Waals surface area contributed by atoms with Gasteiger partial charge in [0.05, 0.1) is 12.6 Å². The molecule has 6 atom stereocenters. The largest absolute Gasteiger partial charge is 0.445 e. The Morgan fingerprint density at radius 2 is 1.93 bits per heavy atom. The van der Waals surface area contributed by atoms with Crippen LogP contribution >= 0.6 is 0 Å². The molecule has 0 spiro atoms. The Bertz CT molecular complexity index is 640. The lowest BCUT2D eigenvalue weighted by molar-refractivity contribution is -0.232. The normalized spacial score (nSPS) is 31.1. The Morgan fingerprint density at radius 3 is 2.59 bits per heavy atom. The third-order valence-electron chi connectivity index (χ3n) is 4.53. The zero-order valence-electron chi connectivity index (χ0n) is 15.1. The molecule has 0 aliphatic carbocycles. The van der Waals surface area contributed by atoms with Crippen LogP contribution in [0.15, 0.2) is 30.3 Å². The van der Waals surface area contributed by atoms with E-state index in [4.69, 9.17) is 18.9 Å². The standard InChI is InChI=1S/C18H25NO8/c1-18(2)26-14-13(25-16(22)15(14)27-18)12(21)11(8-20)19-17(23)24-9-10-6-4-3-5-7-10/h3-7,11-16,20-22H,8-9H2,1-2H3,(H,19,23)/t11-,12-,13-,14+,15+,16?/m1/s1. The molecule has 9 heteroatoms. The third kappa shape index (κ3) is 4.57. The van der Waals surface area contributed by atoms with Crippen LogP contribution in [0.1, 0.15) is 19.4 Å². The quantitative estimate of drug-likeness (QED) is 0.535. The molecule has 0 bridgehead atoms. The van der Waals surface area contributed by atoms with Crippen molar-refractivity contribution in [2.75, 3.05) is 6.61 Å². The van der Waals surface area contributed by atoms with Crippen LogP contribution in [0.5, 0.6) is 0 Å². The lowest BCUT2D eigenvalue weighted by Crippen LogP contribution is -2.53. The Hall–Kier alpha value is -1.75. The van der Waals surface area contributed by atoms with Gasteiger partial charge in [-0.1, -0.05) is 30.3 Å². The van der Waals surface area contributed by atoms with Gasteiger partial charge in [-0.15, -0.1) is 0 Å². The maximum absolute atomic E-state index is 12.0. The van der Waals surface area contributed by atoms with Crippen LogP contribution in [-0.4, -0.2) is 70.6 Å². The fourth-order valence-corrected chi connectivity index (χ4v) is 3.27. The number of ether oxygens (including phenoxy) is 4. The van der Waals surface area contributed by atoms with E-state index in [1.54, 1.807) is 26.0 Å². The molecule has 1 unspecified atom stereocenters. The molecule has 4 N–H and O–H groups in total. The number of rotatable bonds is 6. The Morgan fingerprint density at radius 1 is 1.26 bits per heavy atom. The predicted octanol–water partition coefficient (Wildman–Crippen LogP) is -0.128. The molecule has 0 saturated carbocycles. The first-order chi connectivity index (χ1) is 12.8. The van der Waals surface area contributed by atoms with Gasteiger partial charge in [-0.25, -0.2) is 4.79 Å². The number of benzene rings is 1. The van der Waals surface area contributed by atoms with Crippen LogP contribution in [-0.2, 0) is 25.6 Å². The second-order valence-electron chi connectivity index (χ2n) is 7.04. The number of alkyl carbamates (subject to hydrolysis) is 1. The van der Waals surface area contributed by atoms with Gasteiger partial charge in [0.2, 0.25) is 0 Å². The molecule has 150 valence electrons. The van der Waals surface area contributed by atoms with Crippen molar-refractivity contribution in [1.82, 2.24) is 5.32 Å². The number of aliphatic hydroxyl groups excluding tert-OH is 3. The minimum atomic E-state index is -1.35. The number of fused-ring (bicyclic) bond motifs is 1. The van der Waals surface area contributed by atoms with Crippen molar-refractivity contribution in [2.24, 2.45) is 0 Å². The molecule has 2 heterocycles. The maximum atomic E-state index is 12.0. The van der Waals surface area contributed by atoms with E-state index in [-0.39, 0.29) is 6.61 Å². The molecule has 9 nitrogen and oxygen atoms in total. The third-order valence-corrected chi connectivity index (χ3v) is 4.53. The van der Waals surface area contributed by atoms with Crippen molar-refractivity contribution < 1.29 is 39.1 Å². The van der Waals surface area contributed by atoms with E-state index in [0.29, 0.717) is 0 Å². The summed E-state index contributed by atoms with van der Waals surface area (Å²) >= 11 is 0. The van der Waals surface area contributed by atoms with Crippen LogP contribution in [0.4, 0.5) is 4.79 Å². The van der Waals surface area contributed by atoms with Crippen LogP contribution in [0.3, 0.4) is 0 Å². The number of nitrogens with one attached hydrogen (secondary N) is 1. The van der Waals surface area contributed by atoms with E-state index in [9.17, 15) is 20.1 Å². The Labute approximate surface area is 156 Å². The number of hydrogen-bond acceptors (Lipinski definition) is 8. The number of carbonyl (C=O) groups excluding carboxylic acids is 1. The summed E-state index contributed by atoms with van der Waals surface area (Å²) in [5.74, 6) is -0.936. The van der Waals surface area contributed by atoms with Gasteiger partial charge in [0, 0.05) is 0 Å². The van der Waals surface area contributed by atoms with Crippen LogP contribution in [0.25, 0.3) is 0 Å². The SMILES string of the molecule is CC1(C)O[C@H]2[C@@H]([C@H](O)[C@@H](CO)NC(=O)OCc3ccccc3)OC(O)[C@H]2O1. The second-order valence-corrected chi connectivity index (χ2v) is 7.04. The molecule has 2 aliphatic rings. The first-order valence-corrected chi connectivity index (χ1v) is 8.76. The minimum absolute atomic E-state index is 0.0510. The average Bonchev–Trinajstić information content (AvgIpc) is 3.12. The van der Waals surface area contributed by atoms with Crippen LogP contribution < -0.4 is 5.32 Å². The Kier molecular flexibility index (Phi) is 5.99. The number of carbonyl (C=O) groups is 1. The molecule has 27 heavy (non-hydrogen) atoms. The van der Waals surface area contributed by atoms with E-state index in [1.165, 1.54) is 0 Å². The van der Waals surface area contributed by atoms with E-state index in [1.807, 2.05) is 18.2 Å². The van der Waals surface area contributed by atoms with E-state index >= 15 is 0 Å². The van der Waals surface area contributed by atoms with Gasteiger partial charge in [-0.05, 0) is 19.4 Å². The first-order valence-electron chi connectivity index (χ1n) is 8.76. The molecule has 3 rings (SSSR count). The molecule has 0 radical (unpaired) electrons. The maximum Gasteiger partial charge on any atom is 0.407 e. The van der Waals surface area contributed by atoms with Gasteiger partial charge in [-0.3, -0.25) is 0 Å². The highest BCUT2D eigenvalue weighted by molar-refractivity contribution is 5.67. The van der Waals surface area contributed by atoms with E-state index in [0.717, 1.165) is 5.56 Å². The van der Waals surface area contributed by atoms with Crippen LogP contribution in [0.2, 0.25) is 0 Å². The molecule has 2 saturated heterocycles. The number of amides is 1. The number of hydrogen-bond donors (Lipinski definition) is 4. The fourth-order valence-electron chi connectivity index (χ4n) is 3.27. The van der Waals surface area contributed by atoms with Crippen molar-refractivity contribution in [3.05, 3.63) is 35.9 Å². The summed E-state index contributed by atoms with van der Waals surface area (Å²) in [6, 6.07) is 8.03. The van der Waals surface area contributed by atoms with Gasteiger partial charge in [-0.2, -0.15) is 0 Å². The second kappa shape index (κ2) is 8.09. The van der Waals surface area contributed by atoms with Gasteiger partial charge < -0.3 is 39.6 Å². The average molecular weight is 383 g/mol. The van der Waals surface area contributed by atoms with Crippen molar-refractivity contribution >= 4 is 6.09 Å².